The van der Waals surface area contributed by atoms with Crippen LogP contribution in [0.25, 0.3) is 0 Å². The molecule has 0 fully saturated rings. The van der Waals surface area contributed by atoms with E-state index in [1.807, 2.05) is 55.5 Å². The van der Waals surface area contributed by atoms with E-state index in [1.165, 1.54) is 0 Å². The number of methoxy groups -OCH3 is 1. The van der Waals surface area contributed by atoms with Gasteiger partial charge in [0, 0.05) is 0 Å². The van der Waals surface area contributed by atoms with Crippen molar-refractivity contribution in [1.29, 1.82) is 0 Å². The molecule has 0 aliphatic heterocycles. The van der Waals surface area contributed by atoms with Gasteiger partial charge >= 0.3 is 0 Å². The molecule has 0 saturated carbocycles. The Labute approximate surface area is 174 Å². The van der Waals surface area contributed by atoms with E-state index in [-0.39, 0.29) is 24.4 Å². The zero-order valence-electron chi connectivity index (χ0n) is 17.0. The summed E-state index contributed by atoms with van der Waals surface area (Å²) in [6.07, 6.45) is 2.06. The van der Waals surface area contributed by atoms with Gasteiger partial charge in [-0.2, -0.15) is 0 Å². The van der Waals surface area contributed by atoms with Crippen LogP contribution in [0.5, 0.6) is 11.5 Å². The fraction of sp³-hybridized carbons (Fsp3) is 0.409. The molecule has 1 amide bonds. The van der Waals surface area contributed by atoms with Crippen molar-refractivity contribution < 1.29 is 14.3 Å². The minimum atomic E-state index is -1.11. The van der Waals surface area contributed by atoms with E-state index >= 15 is 0 Å². The number of benzene rings is 2. The first-order chi connectivity index (χ1) is 12.9. The Morgan fingerprint density at radius 1 is 1.18 bits per heavy atom. The molecule has 2 aromatic carbocycles. The Morgan fingerprint density at radius 2 is 1.86 bits per heavy atom. The second-order valence-corrected chi connectivity index (χ2v) is 6.88. The van der Waals surface area contributed by atoms with Gasteiger partial charge in [0.15, 0.2) is 11.5 Å². The average molecular weight is 407 g/mol. The van der Waals surface area contributed by atoms with Crippen LogP contribution in [0.4, 0.5) is 0 Å². The van der Waals surface area contributed by atoms with Crippen molar-refractivity contribution in [3.8, 4) is 11.5 Å². The summed E-state index contributed by atoms with van der Waals surface area (Å²) in [5, 5.41) is 3.00. The third-order valence-corrected chi connectivity index (χ3v) is 4.64. The van der Waals surface area contributed by atoms with Gasteiger partial charge in [-0.3, -0.25) is 4.79 Å². The quantitative estimate of drug-likeness (QED) is 0.607. The Hall–Kier alpha value is -2.24. The van der Waals surface area contributed by atoms with E-state index in [2.05, 4.69) is 12.2 Å². The topological polar surface area (TPSA) is 73.6 Å². The van der Waals surface area contributed by atoms with Crippen molar-refractivity contribution in [2.75, 3.05) is 13.7 Å². The molecule has 2 aromatic rings. The maximum absolute atomic E-state index is 12.8. The largest absolute Gasteiger partial charge is 0.493 e. The molecule has 0 spiro atoms. The molecule has 0 aliphatic carbocycles. The highest BCUT2D eigenvalue weighted by atomic mass is 35.5. The number of nitrogens with one attached hydrogen (secondary N) is 1. The van der Waals surface area contributed by atoms with Gasteiger partial charge in [0.1, 0.15) is 5.54 Å². The van der Waals surface area contributed by atoms with Gasteiger partial charge in [-0.05, 0) is 43.5 Å². The van der Waals surface area contributed by atoms with Gasteiger partial charge in [-0.25, -0.2) is 0 Å². The van der Waals surface area contributed by atoms with E-state index in [9.17, 15) is 4.79 Å². The Kier molecular flexibility index (Phi) is 9.29. The average Bonchev–Trinajstić information content (AvgIpc) is 2.68. The van der Waals surface area contributed by atoms with Crippen molar-refractivity contribution >= 4 is 18.3 Å². The number of hydrogen-bond acceptors (Lipinski definition) is 4. The summed E-state index contributed by atoms with van der Waals surface area (Å²) >= 11 is 0. The number of ether oxygens (including phenoxy) is 2. The predicted octanol–water partition coefficient (Wildman–Crippen LogP) is 4.35. The summed E-state index contributed by atoms with van der Waals surface area (Å²) in [6.45, 7) is 6.41. The summed E-state index contributed by atoms with van der Waals surface area (Å²) in [6, 6.07) is 14.8. The van der Waals surface area contributed by atoms with Gasteiger partial charge < -0.3 is 20.5 Å². The smallest absolute Gasteiger partial charge is 0.244 e. The SMILES string of the molecule is CCCCOc1ccc(C(C)NC(=O)C(C)(N)c2ccccc2)cc1OC.Cl. The highest BCUT2D eigenvalue weighted by molar-refractivity contribution is 5.87. The molecule has 2 atom stereocenters. The van der Waals surface area contributed by atoms with Gasteiger partial charge in [0.05, 0.1) is 19.8 Å². The third kappa shape index (κ3) is 5.88. The number of carbonyl (C=O) groups is 1. The standard InChI is InChI=1S/C22H30N2O3.ClH/c1-5-6-14-27-19-13-12-17(15-20(19)26-4)16(2)24-21(25)22(3,23)18-10-8-7-9-11-18;/h7-13,15-16H,5-6,14,23H2,1-4H3,(H,24,25);1H. The highest BCUT2D eigenvalue weighted by Gasteiger charge is 2.31. The molecule has 6 heteroatoms. The summed E-state index contributed by atoms with van der Waals surface area (Å²) in [7, 11) is 1.61. The first-order valence-electron chi connectivity index (χ1n) is 9.36. The lowest BCUT2D eigenvalue weighted by Crippen LogP contribution is -2.49. The van der Waals surface area contributed by atoms with Crippen LogP contribution in [0.1, 0.15) is 50.8 Å². The third-order valence-electron chi connectivity index (χ3n) is 4.64. The second kappa shape index (κ2) is 10.9. The number of unbranched alkanes of at least 4 members (excludes halogenated alkanes) is 1. The molecule has 0 saturated heterocycles. The van der Waals surface area contributed by atoms with E-state index in [0.29, 0.717) is 18.1 Å². The first-order valence-corrected chi connectivity index (χ1v) is 9.36. The molecule has 28 heavy (non-hydrogen) atoms. The van der Waals surface area contributed by atoms with Crippen molar-refractivity contribution in [2.24, 2.45) is 5.73 Å². The Bertz CT molecular complexity index is 751. The van der Waals surface area contributed by atoms with Crippen LogP contribution in [-0.2, 0) is 10.3 Å². The maximum Gasteiger partial charge on any atom is 0.244 e. The Balaban J connectivity index is 0.00000392. The lowest BCUT2D eigenvalue weighted by molar-refractivity contribution is -0.126. The minimum absolute atomic E-state index is 0. The fourth-order valence-corrected chi connectivity index (χ4v) is 2.74. The number of amides is 1. The first kappa shape index (κ1) is 23.8. The summed E-state index contributed by atoms with van der Waals surface area (Å²) in [4.78, 5) is 12.8. The van der Waals surface area contributed by atoms with Crippen molar-refractivity contribution in [3.63, 3.8) is 0 Å². The highest BCUT2D eigenvalue weighted by Crippen LogP contribution is 2.31. The van der Waals surface area contributed by atoms with Crippen LogP contribution in [-0.4, -0.2) is 19.6 Å². The number of nitrogens with two attached hydrogens (primary N) is 1. The van der Waals surface area contributed by atoms with Gasteiger partial charge in [-0.1, -0.05) is 49.7 Å². The van der Waals surface area contributed by atoms with Gasteiger partial charge in [-0.15, -0.1) is 12.4 Å². The van der Waals surface area contributed by atoms with Crippen LogP contribution < -0.4 is 20.5 Å². The van der Waals surface area contributed by atoms with Crippen LogP contribution in [0.15, 0.2) is 48.5 Å². The molecule has 2 unspecified atom stereocenters. The van der Waals surface area contributed by atoms with E-state index in [4.69, 9.17) is 15.2 Å². The van der Waals surface area contributed by atoms with E-state index in [1.54, 1.807) is 14.0 Å². The molecular weight excluding hydrogens is 376 g/mol. The van der Waals surface area contributed by atoms with Crippen molar-refractivity contribution in [1.82, 2.24) is 5.32 Å². The molecule has 0 radical (unpaired) electrons. The molecular formula is C22H31ClN2O3. The summed E-state index contributed by atoms with van der Waals surface area (Å²) in [5.74, 6) is 1.13. The monoisotopic (exact) mass is 406 g/mol. The number of carbonyl (C=O) groups excluding carboxylic acids is 1. The van der Waals surface area contributed by atoms with Gasteiger partial charge in [0.25, 0.3) is 0 Å². The lowest BCUT2D eigenvalue weighted by atomic mass is 9.91. The number of rotatable bonds is 9. The Morgan fingerprint density at radius 3 is 2.46 bits per heavy atom. The van der Waals surface area contributed by atoms with E-state index in [0.717, 1.165) is 24.0 Å². The zero-order chi connectivity index (χ0) is 19.9. The number of halogens is 1. The predicted molar refractivity (Wildman–Crippen MR) is 115 cm³/mol. The summed E-state index contributed by atoms with van der Waals surface area (Å²) < 4.78 is 11.2. The van der Waals surface area contributed by atoms with Gasteiger partial charge in [0.2, 0.25) is 5.91 Å². The molecule has 0 aliphatic rings. The maximum atomic E-state index is 12.8. The second-order valence-electron chi connectivity index (χ2n) is 6.88. The number of hydrogen-bond donors (Lipinski definition) is 2. The van der Waals surface area contributed by atoms with Crippen LogP contribution >= 0.6 is 12.4 Å². The van der Waals surface area contributed by atoms with Crippen molar-refractivity contribution in [3.05, 3.63) is 59.7 Å². The van der Waals surface area contributed by atoms with Crippen molar-refractivity contribution in [2.45, 2.75) is 45.2 Å². The molecule has 2 rings (SSSR count). The van der Waals surface area contributed by atoms with E-state index < -0.39 is 5.54 Å². The van der Waals surface area contributed by atoms with Crippen LogP contribution in [0.2, 0.25) is 0 Å². The lowest BCUT2D eigenvalue weighted by Gasteiger charge is -2.26. The molecule has 0 bridgehead atoms. The van der Waals surface area contributed by atoms with Crippen LogP contribution in [0, 0.1) is 0 Å². The fourth-order valence-electron chi connectivity index (χ4n) is 2.74. The summed E-state index contributed by atoms with van der Waals surface area (Å²) in [5.41, 5.74) is 6.88. The molecule has 5 nitrogen and oxygen atoms in total. The molecule has 0 heterocycles. The molecule has 154 valence electrons. The zero-order valence-corrected chi connectivity index (χ0v) is 17.8. The molecule has 3 N–H and O–H groups in total. The molecule has 0 aromatic heterocycles. The minimum Gasteiger partial charge on any atom is -0.493 e. The normalized spacial score (nSPS) is 13.6. The van der Waals surface area contributed by atoms with Crippen LogP contribution in [0.3, 0.4) is 0 Å².